The molecule has 0 aliphatic heterocycles. The lowest BCUT2D eigenvalue weighted by molar-refractivity contribution is -0.0412. The Morgan fingerprint density at radius 1 is 0.778 bits per heavy atom. The molecule has 0 amide bonds. The lowest BCUT2D eigenvalue weighted by Gasteiger charge is -2.19. The molecule has 0 aliphatic carbocycles. The van der Waals surface area contributed by atoms with Crippen LogP contribution in [0.4, 0.5) is 0 Å². The van der Waals surface area contributed by atoms with Crippen molar-refractivity contribution in [1.82, 2.24) is 0 Å². The molecule has 3 heteroatoms. The Labute approximate surface area is 112 Å². The van der Waals surface area contributed by atoms with Crippen LogP contribution in [-0.4, -0.2) is 38.6 Å². The molecule has 0 aromatic rings. The predicted molar refractivity (Wildman–Crippen MR) is 74.6 cm³/mol. The van der Waals surface area contributed by atoms with Crippen molar-refractivity contribution < 1.29 is 14.2 Å². The molecule has 0 spiro atoms. The van der Waals surface area contributed by atoms with E-state index in [1.54, 1.807) is 0 Å². The van der Waals surface area contributed by atoms with Crippen LogP contribution in [-0.2, 0) is 14.2 Å². The number of rotatable bonds is 7. The molecular formula is C15H28O3. The molecule has 0 rings (SSSR count). The van der Waals surface area contributed by atoms with Gasteiger partial charge in [0.15, 0.2) is 0 Å². The standard InChI is InChI=1S/C15H28O3/c1-14(2,3)8-7-9-16-10-11-17-12-13-18-15(4,5)6/h9-13H2,1-6H3. The topological polar surface area (TPSA) is 27.7 Å². The maximum Gasteiger partial charge on any atom is 0.107 e. The fourth-order valence-corrected chi connectivity index (χ4v) is 1.05. The largest absolute Gasteiger partial charge is 0.377 e. The van der Waals surface area contributed by atoms with Gasteiger partial charge in [-0.1, -0.05) is 11.8 Å². The van der Waals surface area contributed by atoms with E-state index in [0.29, 0.717) is 33.0 Å². The highest BCUT2D eigenvalue weighted by atomic mass is 16.5. The number of ether oxygens (including phenoxy) is 3. The third-order valence-corrected chi connectivity index (χ3v) is 1.77. The lowest BCUT2D eigenvalue weighted by Crippen LogP contribution is -2.22. The van der Waals surface area contributed by atoms with E-state index < -0.39 is 0 Å². The molecule has 3 nitrogen and oxygen atoms in total. The Kier molecular flexibility index (Phi) is 8.26. The summed E-state index contributed by atoms with van der Waals surface area (Å²) in [6.07, 6.45) is 0. The third-order valence-electron chi connectivity index (χ3n) is 1.77. The Bertz CT molecular complexity index is 260. The summed E-state index contributed by atoms with van der Waals surface area (Å²) in [5.74, 6) is 6.11. The summed E-state index contributed by atoms with van der Waals surface area (Å²) in [6.45, 7) is 15.2. The highest BCUT2D eigenvalue weighted by molar-refractivity contribution is 5.07. The molecule has 0 saturated carbocycles. The van der Waals surface area contributed by atoms with E-state index in [-0.39, 0.29) is 11.0 Å². The highest BCUT2D eigenvalue weighted by Gasteiger charge is 2.08. The molecule has 0 heterocycles. The van der Waals surface area contributed by atoms with Gasteiger partial charge in [-0.2, -0.15) is 0 Å². The Morgan fingerprint density at radius 3 is 1.89 bits per heavy atom. The summed E-state index contributed by atoms with van der Waals surface area (Å²) in [5.41, 5.74) is -0.0490. The van der Waals surface area contributed by atoms with Crippen molar-refractivity contribution in [1.29, 1.82) is 0 Å². The van der Waals surface area contributed by atoms with E-state index in [4.69, 9.17) is 14.2 Å². The summed E-state index contributed by atoms with van der Waals surface area (Å²) in [7, 11) is 0. The minimum atomic E-state index is -0.0948. The first-order chi connectivity index (χ1) is 8.21. The average molecular weight is 256 g/mol. The van der Waals surface area contributed by atoms with Crippen molar-refractivity contribution in [3.05, 3.63) is 0 Å². The lowest BCUT2D eigenvalue weighted by atomic mass is 9.98. The van der Waals surface area contributed by atoms with E-state index in [1.807, 2.05) is 20.8 Å². The second-order valence-corrected chi connectivity index (χ2v) is 6.18. The van der Waals surface area contributed by atoms with Crippen LogP contribution in [0.25, 0.3) is 0 Å². The molecule has 0 radical (unpaired) electrons. The van der Waals surface area contributed by atoms with E-state index in [0.717, 1.165) is 0 Å². The average Bonchev–Trinajstić information content (AvgIpc) is 2.17. The van der Waals surface area contributed by atoms with Crippen LogP contribution < -0.4 is 0 Å². The maximum absolute atomic E-state index is 5.52. The SMILES string of the molecule is CC(C)(C)C#CCOCCOCCOC(C)(C)C. The molecule has 0 N–H and O–H groups in total. The first-order valence-electron chi connectivity index (χ1n) is 6.50. The fourth-order valence-electron chi connectivity index (χ4n) is 1.05. The van der Waals surface area contributed by atoms with Crippen molar-refractivity contribution in [2.75, 3.05) is 33.0 Å². The molecule has 0 fully saturated rings. The first-order valence-corrected chi connectivity index (χ1v) is 6.50. The van der Waals surface area contributed by atoms with Gasteiger partial charge in [0, 0.05) is 5.41 Å². The molecule has 0 aromatic heterocycles. The Hall–Kier alpha value is -0.560. The van der Waals surface area contributed by atoms with Gasteiger partial charge in [-0.15, -0.1) is 0 Å². The number of hydrogen-bond acceptors (Lipinski definition) is 3. The maximum atomic E-state index is 5.52. The normalized spacial score (nSPS) is 12.1. The van der Waals surface area contributed by atoms with Crippen molar-refractivity contribution in [3.63, 3.8) is 0 Å². The van der Waals surface area contributed by atoms with Crippen LogP contribution in [0.1, 0.15) is 41.5 Å². The summed E-state index contributed by atoms with van der Waals surface area (Å²) >= 11 is 0. The highest BCUT2D eigenvalue weighted by Crippen LogP contribution is 2.09. The van der Waals surface area contributed by atoms with Crippen LogP contribution in [0.3, 0.4) is 0 Å². The van der Waals surface area contributed by atoms with Crippen molar-refractivity contribution in [2.24, 2.45) is 5.41 Å². The Balaban J connectivity index is 3.29. The van der Waals surface area contributed by atoms with Gasteiger partial charge in [-0.3, -0.25) is 0 Å². The molecule has 0 unspecified atom stereocenters. The molecule has 0 saturated heterocycles. The van der Waals surface area contributed by atoms with Gasteiger partial charge >= 0.3 is 0 Å². The van der Waals surface area contributed by atoms with Crippen LogP contribution in [0, 0.1) is 17.3 Å². The second kappa shape index (κ2) is 8.53. The van der Waals surface area contributed by atoms with Crippen LogP contribution in [0.2, 0.25) is 0 Å². The predicted octanol–water partition coefficient (Wildman–Crippen LogP) is 2.88. The molecule has 0 bridgehead atoms. The fraction of sp³-hybridized carbons (Fsp3) is 0.867. The van der Waals surface area contributed by atoms with Gasteiger partial charge in [0.25, 0.3) is 0 Å². The van der Waals surface area contributed by atoms with E-state index in [2.05, 4.69) is 32.6 Å². The summed E-state index contributed by atoms with van der Waals surface area (Å²) in [4.78, 5) is 0. The summed E-state index contributed by atoms with van der Waals surface area (Å²) < 4.78 is 16.2. The zero-order valence-electron chi connectivity index (χ0n) is 12.8. The molecule has 0 aliphatic rings. The van der Waals surface area contributed by atoms with Gasteiger partial charge in [-0.05, 0) is 41.5 Å². The van der Waals surface area contributed by atoms with Gasteiger partial charge in [0.2, 0.25) is 0 Å². The third kappa shape index (κ3) is 15.4. The van der Waals surface area contributed by atoms with Gasteiger partial charge < -0.3 is 14.2 Å². The number of hydrogen-bond donors (Lipinski definition) is 0. The zero-order chi connectivity index (χ0) is 14.1. The summed E-state index contributed by atoms with van der Waals surface area (Å²) in [6, 6.07) is 0. The summed E-state index contributed by atoms with van der Waals surface area (Å²) in [5, 5.41) is 0. The first kappa shape index (κ1) is 17.4. The van der Waals surface area contributed by atoms with Crippen LogP contribution in [0.5, 0.6) is 0 Å². The van der Waals surface area contributed by atoms with E-state index in [1.165, 1.54) is 0 Å². The quantitative estimate of drug-likeness (QED) is 0.518. The van der Waals surface area contributed by atoms with E-state index in [9.17, 15) is 0 Å². The van der Waals surface area contributed by atoms with E-state index >= 15 is 0 Å². The molecule has 106 valence electrons. The monoisotopic (exact) mass is 256 g/mol. The smallest absolute Gasteiger partial charge is 0.107 e. The van der Waals surface area contributed by atoms with Gasteiger partial charge in [-0.25, -0.2) is 0 Å². The van der Waals surface area contributed by atoms with Gasteiger partial charge in [0.05, 0.1) is 32.0 Å². The van der Waals surface area contributed by atoms with Crippen molar-refractivity contribution in [3.8, 4) is 11.8 Å². The van der Waals surface area contributed by atoms with Crippen LogP contribution in [0.15, 0.2) is 0 Å². The second-order valence-electron chi connectivity index (χ2n) is 6.18. The molecule has 0 aromatic carbocycles. The van der Waals surface area contributed by atoms with Crippen molar-refractivity contribution in [2.45, 2.75) is 47.1 Å². The minimum absolute atomic E-state index is 0.0458. The molecule has 18 heavy (non-hydrogen) atoms. The van der Waals surface area contributed by atoms with Crippen LogP contribution >= 0.6 is 0 Å². The molecule has 0 atom stereocenters. The van der Waals surface area contributed by atoms with Gasteiger partial charge in [0.1, 0.15) is 6.61 Å². The Morgan fingerprint density at radius 2 is 1.33 bits per heavy atom. The zero-order valence-corrected chi connectivity index (χ0v) is 12.8. The van der Waals surface area contributed by atoms with Crippen molar-refractivity contribution >= 4 is 0 Å². The molecular weight excluding hydrogens is 228 g/mol. The minimum Gasteiger partial charge on any atom is -0.377 e.